The van der Waals surface area contributed by atoms with Gasteiger partial charge in [0.2, 0.25) is 5.91 Å². The molecule has 7 nitrogen and oxygen atoms in total. The number of nitrogens with zero attached hydrogens (tertiary/aromatic N) is 2. The number of amides is 2. The number of aryl methyl sites for hydroxylation is 1. The SMILES string of the molecule is Cc1nn(-c2ccccc2)c(C)c1[C@H]1OCC[C@@H]1C(=O)Nc1ccc2c(c1)C(=O)NC2. The molecule has 1 saturated heterocycles. The van der Waals surface area contributed by atoms with Crippen LogP contribution in [0.1, 0.15) is 45.4 Å². The Kier molecular flexibility index (Phi) is 4.82. The van der Waals surface area contributed by atoms with E-state index in [-0.39, 0.29) is 23.8 Å². The number of ether oxygens (including phenoxy) is 1. The molecule has 0 saturated carbocycles. The van der Waals surface area contributed by atoms with Gasteiger partial charge in [-0.05, 0) is 50.1 Å². The first kappa shape index (κ1) is 19.5. The molecule has 7 heteroatoms. The summed E-state index contributed by atoms with van der Waals surface area (Å²) < 4.78 is 7.94. The van der Waals surface area contributed by atoms with Gasteiger partial charge in [-0.25, -0.2) is 4.68 Å². The van der Waals surface area contributed by atoms with Crippen LogP contribution >= 0.6 is 0 Å². The molecule has 2 amide bonds. The Hall–Kier alpha value is -3.45. The summed E-state index contributed by atoms with van der Waals surface area (Å²) in [5.74, 6) is -0.534. The fourth-order valence-corrected chi connectivity index (χ4v) is 4.56. The smallest absolute Gasteiger partial charge is 0.251 e. The van der Waals surface area contributed by atoms with Gasteiger partial charge in [-0.3, -0.25) is 9.59 Å². The maximum Gasteiger partial charge on any atom is 0.251 e. The van der Waals surface area contributed by atoms with E-state index < -0.39 is 0 Å². The molecule has 3 aromatic rings. The third-order valence-corrected chi connectivity index (χ3v) is 6.12. The standard InChI is InChI=1S/C24H24N4O3/c1-14-21(15(2)28(27-14)18-6-4-3-5-7-18)22-19(10-11-31-22)24(30)26-17-9-8-16-13-25-23(29)20(16)12-17/h3-9,12,19,22H,10-11,13H2,1-2H3,(H,25,29)(H,26,30)/t19-,22-/m0/s1. The molecule has 0 unspecified atom stereocenters. The number of carbonyl (C=O) groups is 2. The number of nitrogens with one attached hydrogen (secondary N) is 2. The maximum atomic E-state index is 13.2. The molecule has 1 aromatic heterocycles. The molecule has 2 atom stereocenters. The molecule has 0 radical (unpaired) electrons. The fraction of sp³-hybridized carbons (Fsp3) is 0.292. The Morgan fingerprint density at radius 3 is 2.81 bits per heavy atom. The highest BCUT2D eigenvalue weighted by atomic mass is 16.5. The Morgan fingerprint density at radius 2 is 2.00 bits per heavy atom. The van der Waals surface area contributed by atoms with Crippen LogP contribution in [0.4, 0.5) is 5.69 Å². The van der Waals surface area contributed by atoms with Crippen molar-refractivity contribution in [1.29, 1.82) is 0 Å². The predicted octanol–water partition coefficient (Wildman–Crippen LogP) is 3.45. The normalized spacial score (nSPS) is 19.9. The quantitative estimate of drug-likeness (QED) is 0.682. The van der Waals surface area contributed by atoms with Crippen molar-refractivity contribution in [2.45, 2.75) is 32.9 Å². The number of hydrogen-bond acceptors (Lipinski definition) is 4. The van der Waals surface area contributed by atoms with Crippen LogP contribution in [0.5, 0.6) is 0 Å². The van der Waals surface area contributed by atoms with Crippen molar-refractivity contribution in [2.24, 2.45) is 5.92 Å². The van der Waals surface area contributed by atoms with Crippen molar-refractivity contribution in [3.05, 3.63) is 76.6 Å². The zero-order valence-corrected chi connectivity index (χ0v) is 17.5. The molecular weight excluding hydrogens is 392 g/mol. The molecule has 31 heavy (non-hydrogen) atoms. The molecule has 2 aromatic carbocycles. The Bertz CT molecular complexity index is 1170. The van der Waals surface area contributed by atoms with Crippen LogP contribution in [0.2, 0.25) is 0 Å². The van der Waals surface area contributed by atoms with E-state index in [2.05, 4.69) is 10.6 Å². The maximum absolute atomic E-state index is 13.2. The lowest BCUT2D eigenvalue weighted by atomic mass is 9.93. The first-order valence-electron chi connectivity index (χ1n) is 10.5. The first-order chi connectivity index (χ1) is 15.0. The van der Waals surface area contributed by atoms with E-state index in [0.29, 0.717) is 30.8 Å². The average Bonchev–Trinajstić information content (AvgIpc) is 3.47. The van der Waals surface area contributed by atoms with Crippen LogP contribution in [-0.2, 0) is 16.1 Å². The summed E-state index contributed by atoms with van der Waals surface area (Å²) in [5, 5.41) is 10.5. The summed E-state index contributed by atoms with van der Waals surface area (Å²) >= 11 is 0. The lowest BCUT2D eigenvalue weighted by Crippen LogP contribution is -2.26. The van der Waals surface area contributed by atoms with Crippen LogP contribution in [0.15, 0.2) is 48.5 Å². The Balaban J connectivity index is 1.40. The van der Waals surface area contributed by atoms with Crippen LogP contribution in [-0.4, -0.2) is 28.2 Å². The molecule has 5 rings (SSSR count). The summed E-state index contributed by atoms with van der Waals surface area (Å²) in [6, 6.07) is 15.4. The van der Waals surface area contributed by atoms with Gasteiger partial charge in [0.25, 0.3) is 5.91 Å². The lowest BCUT2D eigenvalue weighted by Gasteiger charge is -2.19. The van der Waals surface area contributed by atoms with Gasteiger partial charge in [-0.15, -0.1) is 0 Å². The number of carbonyl (C=O) groups excluding carboxylic acids is 2. The van der Waals surface area contributed by atoms with E-state index in [4.69, 9.17) is 9.84 Å². The third-order valence-electron chi connectivity index (χ3n) is 6.12. The van der Waals surface area contributed by atoms with Gasteiger partial charge in [0, 0.05) is 35.7 Å². The van der Waals surface area contributed by atoms with Gasteiger partial charge >= 0.3 is 0 Å². The highest BCUT2D eigenvalue weighted by Crippen LogP contribution is 2.39. The summed E-state index contributed by atoms with van der Waals surface area (Å²) in [6.45, 7) is 5.02. The number of aromatic nitrogens is 2. The van der Waals surface area contributed by atoms with Gasteiger partial charge in [-0.1, -0.05) is 24.3 Å². The van der Waals surface area contributed by atoms with Gasteiger partial charge < -0.3 is 15.4 Å². The van der Waals surface area contributed by atoms with E-state index >= 15 is 0 Å². The lowest BCUT2D eigenvalue weighted by molar-refractivity contribution is -0.121. The predicted molar refractivity (Wildman–Crippen MR) is 116 cm³/mol. The van der Waals surface area contributed by atoms with Crippen LogP contribution < -0.4 is 10.6 Å². The van der Waals surface area contributed by atoms with E-state index in [9.17, 15) is 9.59 Å². The van der Waals surface area contributed by atoms with Gasteiger partial charge in [0.05, 0.1) is 23.4 Å². The van der Waals surface area contributed by atoms with Crippen molar-refractivity contribution in [2.75, 3.05) is 11.9 Å². The summed E-state index contributed by atoms with van der Waals surface area (Å²) in [5.41, 5.74) is 5.97. The van der Waals surface area contributed by atoms with Crippen molar-refractivity contribution < 1.29 is 14.3 Å². The number of hydrogen-bond donors (Lipinski definition) is 2. The van der Waals surface area contributed by atoms with Gasteiger partial charge in [0.1, 0.15) is 0 Å². The number of anilines is 1. The molecule has 2 aliphatic rings. The largest absolute Gasteiger partial charge is 0.373 e. The number of fused-ring (bicyclic) bond motifs is 1. The second kappa shape index (κ2) is 7.67. The zero-order valence-electron chi connectivity index (χ0n) is 17.5. The monoisotopic (exact) mass is 416 g/mol. The molecule has 158 valence electrons. The van der Waals surface area contributed by atoms with E-state index in [1.807, 2.05) is 61.0 Å². The van der Waals surface area contributed by atoms with Gasteiger partial charge in [-0.2, -0.15) is 5.10 Å². The van der Waals surface area contributed by atoms with Crippen molar-refractivity contribution in [1.82, 2.24) is 15.1 Å². The van der Waals surface area contributed by atoms with Crippen molar-refractivity contribution >= 4 is 17.5 Å². The third kappa shape index (κ3) is 3.41. The van der Waals surface area contributed by atoms with E-state index in [1.165, 1.54) is 0 Å². The topological polar surface area (TPSA) is 85.2 Å². The molecule has 2 aliphatic heterocycles. The minimum absolute atomic E-state index is 0.104. The first-order valence-corrected chi connectivity index (χ1v) is 10.5. The molecule has 2 N–H and O–H groups in total. The summed E-state index contributed by atoms with van der Waals surface area (Å²) in [7, 11) is 0. The highest BCUT2D eigenvalue weighted by molar-refractivity contribution is 6.00. The molecule has 3 heterocycles. The van der Waals surface area contributed by atoms with Crippen LogP contribution in [0.3, 0.4) is 0 Å². The molecule has 0 bridgehead atoms. The zero-order chi connectivity index (χ0) is 21.5. The second-order valence-corrected chi connectivity index (χ2v) is 8.06. The van der Waals surface area contributed by atoms with Crippen LogP contribution in [0, 0.1) is 19.8 Å². The van der Waals surface area contributed by atoms with E-state index in [1.54, 1.807) is 6.07 Å². The molecule has 0 spiro atoms. The average molecular weight is 416 g/mol. The van der Waals surface area contributed by atoms with Crippen LogP contribution in [0.25, 0.3) is 5.69 Å². The number of benzene rings is 2. The minimum atomic E-state index is -0.352. The Labute approximate surface area is 180 Å². The fourth-order valence-electron chi connectivity index (χ4n) is 4.56. The highest BCUT2D eigenvalue weighted by Gasteiger charge is 2.38. The summed E-state index contributed by atoms with van der Waals surface area (Å²) in [4.78, 5) is 25.1. The van der Waals surface area contributed by atoms with Crippen molar-refractivity contribution in [3.63, 3.8) is 0 Å². The number of rotatable bonds is 4. The van der Waals surface area contributed by atoms with E-state index in [0.717, 1.165) is 28.2 Å². The minimum Gasteiger partial charge on any atom is -0.373 e. The summed E-state index contributed by atoms with van der Waals surface area (Å²) in [6.07, 6.45) is 0.285. The van der Waals surface area contributed by atoms with Gasteiger partial charge in [0.15, 0.2) is 0 Å². The van der Waals surface area contributed by atoms with Crippen molar-refractivity contribution in [3.8, 4) is 5.69 Å². The molecule has 0 aliphatic carbocycles. The Morgan fingerprint density at radius 1 is 1.19 bits per heavy atom. The molecule has 1 fully saturated rings. The number of para-hydroxylation sites is 1. The second-order valence-electron chi connectivity index (χ2n) is 8.06. The molecular formula is C24H24N4O3.